The first-order valence-electron chi connectivity index (χ1n) is 7.96. The molecule has 0 fully saturated rings. The Kier molecular flexibility index (Phi) is 5.53. The van der Waals surface area contributed by atoms with Crippen molar-refractivity contribution in [3.63, 3.8) is 0 Å². The fourth-order valence-corrected chi connectivity index (χ4v) is 3.21. The van der Waals surface area contributed by atoms with Crippen LogP contribution in [0.3, 0.4) is 0 Å². The largest absolute Gasteiger partial charge is 0.416 e. The van der Waals surface area contributed by atoms with E-state index in [0.717, 1.165) is 22.3 Å². The molecule has 0 aliphatic carbocycles. The number of carbonyl (C=O) groups is 1. The van der Waals surface area contributed by atoms with Gasteiger partial charge in [0, 0.05) is 6.54 Å². The number of benzene rings is 1. The number of alkyl halides is 6. The number of nitrogens with one attached hydrogen (secondary N) is 1. The Morgan fingerprint density at radius 2 is 1.73 bits per heavy atom. The number of hydrogen-bond donors (Lipinski definition) is 1. The van der Waals surface area contributed by atoms with Gasteiger partial charge in [0.2, 0.25) is 5.82 Å². The minimum Gasteiger partial charge on any atom is -0.345 e. The van der Waals surface area contributed by atoms with Crippen LogP contribution in [0.15, 0.2) is 36.7 Å². The molecule has 0 aliphatic rings. The number of nitriles is 1. The maximum absolute atomic E-state index is 12.9. The summed E-state index contributed by atoms with van der Waals surface area (Å²) < 4.78 is 78.7. The van der Waals surface area contributed by atoms with E-state index in [-0.39, 0.29) is 17.5 Å². The molecule has 1 N–H and O–H groups in total. The van der Waals surface area contributed by atoms with Gasteiger partial charge in [0.05, 0.1) is 11.1 Å². The van der Waals surface area contributed by atoms with Crippen molar-refractivity contribution in [3.05, 3.63) is 64.1 Å². The maximum atomic E-state index is 12.9. The van der Waals surface area contributed by atoms with Crippen molar-refractivity contribution >= 4 is 17.2 Å². The normalized spacial score (nSPS) is 11.9. The predicted molar refractivity (Wildman–Crippen MR) is 91.6 cm³/mol. The average Bonchev–Trinajstić information content (AvgIpc) is 3.33. The molecule has 0 saturated carbocycles. The number of rotatable bonds is 4. The standard InChI is InChI=1S/C17H9F6N5OS/c18-16(19,20)10-3-9(4-11(5-10)17(21,22)23)7-25-15(29)14-26-8-27-28(14)13-2-1-12(6-24)30-13/h1-5,8H,7H2,(H,25,29). The van der Waals surface area contributed by atoms with Gasteiger partial charge in [0.25, 0.3) is 5.91 Å². The molecule has 0 radical (unpaired) electrons. The van der Waals surface area contributed by atoms with Crippen LogP contribution in [0.1, 0.15) is 32.2 Å². The lowest BCUT2D eigenvalue weighted by Gasteiger charge is -2.14. The molecule has 0 saturated heterocycles. The molecule has 13 heteroatoms. The Bertz CT molecular complexity index is 1090. The van der Waals surface area contributed by atoms with Crippen LogP contribution in [0.25, 0.3) is 5.00 Å². The smallest absolute Gasteiger partial charge is 0.345 e. The topological polar surface area (TPSA) is 83.6 Å². The van der Waals surface area contributed by atoms with E-state index in [9.17, 15) is 31.1 Å². The van der Waals surface area contributed by atoms with Crippen LogP contribution in [0, 0.1) is 11.3 Å². The molecular weight excluding hydrogens is 436 g/mol. The van der Waals surface area contributed by atoms with Gasteiger partial charge < -0.3 is 5.32 Å². The third-order valence-electron chi connectivity index (χ3n) is 3.76. The minimum absolute atomic E-state index is 0.00548. The molecule has 0 aliphatic heterocycles. The van der Waals surface area contributed by atoms with Crippen LogP contribution in [0.2, 0.25) is 0 Å². The van der Waals surface area contributed by atoms with E-state index in [1.807, 2.05) is 6.07 Å². The van der Waals surface area contributed by atoms with Gasteiger partial charge in [0.15, 0.2) is 0 Å². The van der Waals surface area contributed by atoms with E-state index in [4.69, 9.17) is 5.26 Å². The van der Waals surface area contributed by atoms with E-state index in [0.29, 0.717) is 22.0 Å². The van der Waals surface area contributed by atoms with Gasteiger partial charge in [0.1, 0.15) is 22.3 Å². The van der Waals surface area contributed by atoms with Crippen LogP contribution in [0.4, 0.5) is 26.3 Å². The number of amides is 1. The fraction of sp³-hybridized carbons (Fsp3) is 0.176. The van der Waals surface area contributed by atoms with Crippen molar-refractivity contribution in [2.45, 2.75) is 18.9 Å². The molecule has 1 amide bonds. The van der Waals surface area contributed by atoms with Crippen LogP contribution in [0.5, 0.6) is 0 Å². The Morgan fingerprint density at radius 3 is 2.27 bits per heavy atom. The highest BCUT2D eigenvalue weighted by Gasteiger charge is 2.36. The summed E-state index contributed by atoms with van der Waals surface area (Å²) in [5, 5.41) is 15.3. The zero-order chi connectivity index (χ0) is 22.1. The molecule has 156 valence electrons. The van der Waals surface area contributed by atoms with Crippen LogP contribution >= 0.6 is 11.3 Å². The van der Waals surface area contributed by atoms with Crippen molar-refractivity contribution in [3.8, 4) is 11.1 Å². The Morgan fingerprint density at radius 1 is 1.10 bits per heavy atom. The summed E-state index contributed by atoms with van der Waals surface area (Å²) in [6, 6.07) is 5.97. The van der Waals surface area contributed by atoms with E-state index < -0.39 is 35.9 Å². The minimum atomic E-state index is -4.99. The molecule has 0 unspecified atom stereocenters. The SMILES string of the molecule is N#Cc1ccc(-n2ncnc2C(=O)NCc2cc(C(F)(F)F)cc(C(F)(F)F)c2)s1. The quantitative estimate of drug-likeness (QED) is 0.611. The number of nitrogens with zero attached hydrogens (tertiary/aromatic N) is 4. The molecule has 0 spiro atoms. The second kappa shape index (κ2) is 7.79. The lowest BCUT2D eigenvalue weighted by molar-refractivity contribution is -0.143. The summed E-state index contributed by atoms with van der Waals surface area (Å²) in [7, 11) is 0. The molecule has 0 bridgehead atoms. The van der Waals surface area contributed by atoms with Crippen molar-refractivity contribution in [1.29, 1.82) is 5.26 Å². The number of hydrogen-bond acceptors (Lipinski definition) is 5. The molecule has 0 atom stereocenters. The first-order valence-corrected chi connectivity index (χ1v) is 8.77. The summed E-state index contributed by atoms with van der Waals surface area (Å²) in [5.74, 6) is -1.12. The molecule has 30 heavy (non-hydrogen) atoms. The predicted octanol–water partition coefficient (Wildman–Crippen LogP) is 4.17. The zero-order valence-corrected chi connectivity index (χ0v) is 15.4. The van der Waals surface area contributed by atoms with Gasteiger partial charge in [-0.3, -0.25) is 4.79 Å². The van der Waals surface area contributed by atoms with Crippen LogP contribution in [-0.2, 0) is 18.9 Å². The van der Waals surface area contributed by atoms with Gasteiger partial charge in [-0.05, 0) is 35.9 Å². The van der Waals surface area contributed by atoms with Crippen molar-refractivity contribution in [2.75, 3.05) is 0 Å². The molecule has 2 aromatic heterocycles. The molecule has 2 heterocycles. The Hall–Kier alpha value is -3.40. The van der Waals surface area contributed by atoms with E-state index in [1.165, 1.54) is 12.1 Å². The zero-order valence-electron chi connectivity index (χ0n) is 14.5. The number of carbonyl (C=O) groups excluding carboxylic acids is 1. The maximum Gasteiger partial charge on any atom is 0.416 e. The summed E-state index contributed by atoms with van der Waals surface area (Å²) in [5.41, 5.74) is -3.35. The first kappa shape index (κ1) is 21.3. The third-order valence-corrected chi connectivity index (χ3v) is 4.73. The highest BCUT2D eigenvalue weighted by Crippen LogP contribution is 2.36. The number of thiophene rings is 1. The van der Waals surface area contributed by atoms with E-state index in [2.05, 4.69) is 15.4 Å². The second-order valence-corrected chi connectivity index (χ2v) is 6.90. The van der Waals surface area contributed by atoms with Crippen LogP contribution < -0.4 is 5.32 Å². The molecule has 3 rings (SSSR count). The summed E-state index contributed by atoms with van der Waals surface area (Å²) in [6.45, 7) is -0.605. The summed E-state index contributed by atoms with van der Waals surface area (Å²) in [6.07, 6.45) is -8.93. The lowest BCUT2D eigenvalue weighted by atomic mass is 10.0. The highest BCUT2D eigenvalue weighted by atomic mass is 32.1. The monoisotopic (exact) mass is 445 g/mol. The van der Waals surface area contributed by atoms with Gasteiger partial charge >= 0.3 is 12.4 Å². The third kappa shape index (κ3) is 4.60. The molecular formula is C17H9F6N5OS. The van der Waals surface area contributed by atoms with E-state index >= 15 is 0 Å². The average molecular weight is 445 g/mol. The first-order chi connectivity index (χ1) is 14.0. The fourth-order valence-electron chi connectivity index (χ4n) is 2.44. The molecule has 6 nitrogen and oxygen atoms in total. The van der Waals surface area contributed by atoms with Crippen molar-refractivity contribution < 1.29 is 31.1 Å². The number of halogens is 6. The number of aromatic nitrogens is 3. The van der Waals surface area contributed by atoms with Crippen molar-refractivity contribution in [2.24, 2.45) is 0 Å². The Labute approximate surface area is 168 Å². The molecule has 1 aromatic carbocycles. The molecule has 3 aromatic rings. The second-order valence-electron chi connectivity index (χ2n) is 5.84. The van der Waals surface area contributed by atoms with E-state index in [1.54, 1.807) is 0 Å². The van der Waals surface area contributed by atoms with Crippen molar-refractivity contribution in [1.82, 2.24) is 20.1 Å². The van der Waals surface area contributed by atoms with Crippen LogP contribution in [-0.4, -0.2) is 20.7 Å². The summed E-state index contributed by atoms with van der Waals surface area (Å²) >= 11 is 1.02. The van der Waals surface area contributed by atoms with Gasteiger partial charge in [-0.15, -0.1) is 11.3 Å². The lowest BCUT2D eigenvalue weighted by Crippen LogP contribution is -2.26. The summed E-state index contributed by atoms with van der Waals surface area (Å²) in [4.78, 5) is 16.5. The van der Waals surface area contributed by atoms with Gasteiger partial charge in [-0.25, -0.2) is 4.98 Å². The Balaban J connectivity index is 1.83. The van der Waals surface area contributed by atoms with Gasteiger partial charge in [-0.2, -0.15) is 41.4 Å². The highest BCUT2D eigenvalue weighted by molar-refractivity contribution is 7.15. The van der Waals surface area contributed by atoms with Gasteiger partial charge in [-0.1, -0.05) is 0 Å².